The predicted molar refractivity (Wildman–Crippen MR) is 93.9 cm³/mol. The lowest BCUT2D eigenvalue weighted by Crippen LogP contribution is -2.46. The highest BCUT2D eigenvalue weighted by molar-refractivity contribution is 5.74. The molecular weight excluding hydrogens is 323 g/mol. The van der Waals surface area contributed by atoms with Crippen molar-refractivity contribution in [3.8, 4) is 5.75 Å². The number of urea groups is 1. The average molecular weight is 346 g/mol. The van der Waals surface area contributed by atoms with Crippen LogP contribution in [0.1, 0.15) is 18.5 Å². The molecule has 0 spiro atoms. The molecular formula is C19H23FN2O3. The fraction of sp³-hybridized carbons (Fsp3) is 0.316. The third-order valence-electron chi connectivity index (χ3n) is 3.99. The maximum absolute atomic E-state index is 13.7. The standard InChI is InChI=1S/C19H23FN2O3/c1-14(12-23)22(2)19(24)21-17(15-8-4-3-5-9-15)13-25-18-11-7-6-10-16(18)20/h3-11,14,17,23H,12-13H2,1-2H3,(H,21,24). The van der Waals surface area contributed by atoms with E-state index in [2.05, 4.69) is 5.32 Å². The quantitative estimate of drug-likeness (QED) is 0.810. The lowest BCUT2D eigenvalue weighted by Gasteiger charge is -2.27. The van der Waals surface area contributed by atoms with Gasteiger partial charge >= 0.3 is 6.03 Å². The second kappa shape index (κ2) is 9.03. The number of hydrogen-bond acceptors (Lipinski definition) is 3. The summed E-state index contributed by atoms with van der Waals surface area (Å²) >= 11 is 0. The molecule has 6 heteroatoms. The monoisotopic (exact) mass is 346 g/mol. The largest absolute Gasteiger partial charge is 0.488 e. The zero-order chi connectivity index (χ0) is 18.2. The summed E-state index contributed by atoms with van der Waals surface area (Å²) in [7, 11) is 1.61. The van der Waals surface area contributed by atoms with Gasteiger partial charge in [0.15, 0.2) is 11.6 Å². The van der Waals surface area contributed by atoms with E-state index in [4.69, 9.17) is 4.74 Å². The predicted octanol–water partition coefficient (Wildman–Crippen LogP) is 2.97. The second-order valence-corrected chi connectivity index (χ2v) is 5.80. The van der Waals surface area contributed by atoms with Gasteiger partial charge in [0.1, 0.15) is 6.61 Å². The molecule has 25 heavy (non-hydrogen) atoms. The highest BCUT2D eigenvalue weighted by Crippen LogP contribution is 2.19. The van der Waals surface area contributed by atoms with E-state index in [9.17, 15) is 14.3 Å². The molecule has 2 amide bonds. The molecule has 0 aliphatic carbocycles. The van der Waals surface area contributed by atoms with Gasteiger partial charge in [0.2, 0.25) is 0 Å². The van der Waals surface area contributed by atoms with Crippen LogP contribution >= 0.6 is 0 Å². The first-order valence-corrected chi connectivity index (χ1v) is 8.09. The topological polar surface area (TPSA) is 61.8 Å². The molecule has 134 valence electrons. The number of nitrogens with zero attached hydrogens (tertiary/aromatic N) is 1. The molecule has 0 aliphatic rings. The Morgan fingerprint density at radius 1 is 1.20 bits per heavy atom. The third kappa shape index (κ3) is 5.19. The molecule has 0 aromatic heterocycles. The second-order valence-electron chi connectivity index (χ2n) is 5.80. The smallest absolute Gasteiger partial charge is 0.318 e. The molecule has 0 saturated heterocycles. The van der Waals surface area contributed by atoms with Gasteiger partial charge in [-0.1, -0.05) is 42.5 Å². The molecule has 2 rings (SSSR count). The van der Waals surface area contributed by atoms with Crippen LogP contribution in [0.3, 0.4) is 0 Å². The summed E-state index contributed by atoms with van der Waals surface area (Å²) in [6.45, 7) is 1.69. The Labute approximate surface area is 147 Å². The van der Waals surface area contributed by atoms with E-state index in [0.29, 0.717) is 0 Å². The number of halogens is 1. The van der Waals surface area contributed by atoms with Crippen LogP contribution in [-0.4, -0.2) is 42.3 Å². The number of hydrogen-bond donors (Lipinski definition) is 2. The van der Waals surface area contributed by atoms with E-state index < -0.39 is 11.9 Å². The highest BCUT2D eigenvalue weighted by Gasteiger charge is 2.21. The van der Waals surface area contributed by atoms with Crippen molar-refractivity contribution in [3.63, 3.8) is 0 Å². The van der Waals surface area contributed by atoms with Crippen molar-refractivity contribution in [1.82, 2.24) is 10.2 Å². The maximum atomic E-state index is 13.7. The fourth-order valence-electron chi connectivity index (χ4n) is 2.21. The molecule has 0 heterocycles. The van der Waals surface area contributed by atoms with E-state index in [1.54, 1.807) is 32.2 Å². The summed E-state index contributed by atoms with van der Waals surface area (Å²) in [6.07, 6.45) is 0. The zero-order valence-electron chi connectivity index (χ0n) is 14.4. The molecule has 0 saturated carbocycles. The Kier molecular flexibility index (Phi) is 6.77. The van der Waals surface area contributed by atoms with Crippen LogP contribution in [0.5, 0.6) is 5.75 Å². The van der Waals surface area contributed by atoms with Crippen LogP contribution in [0.15, 0.2) is 54.6 Å². The number of carbonyl (C=O) groups is 1. The first-order chi connectivity index (χ1) is 12.0. The number of nitrogens with one attached hydrogen (secondary N) is 1. The van der Waals surface area contributed by atoms with Crippen molar-refractivity contribution in [1.29, 1.82) is 0 Å². The molecule has 5 nitrogen and oxygen atoms in total. The van der Waals surface area contributed by atoms with Gasteiger partial charge in [-0.3, -0.25) is 0 Å². The first kappa shape index (κ1) is 18.7. The molecule has 2 atom stereocenters. The van der Waals surface area contributed by atoms with Crippen LogP contribution in [0, 0.1) is 5.82 Å². The van der Waals surface area contributed by atoms with Crippen LogP contribution < -0.4 is 10.1 Å². The zero-order valence-corrected chi connectivity index (χ0v) is 14.4. The van der Waals surface area contributed by atoms with Crippen molar-refractivity contribution >= 4 is 6.03 Å². The lowest BCUT2D eigenvalue weighted by molar-refractivity contribution is 0.150. The summed E-state index contributed by atoms with van der Waals surface area (Å²) in [6, 6.07) is 14.3. The van der Waals surface area contributed by atoms with Crippen molar-refractivity contribution < 1.29 is 19.0 Å². The first-order valence-electron chi connectivity index (χ1n) is 8.09. The van der Waals surface area contributed by atoms with Crippen molar-refractivity contribution in [3.05, 3.63) is 66.0 Å². The molecule has 0 fully saturated rings. The van der Waals surface area contributed by atoms with Crippen molar-refractivity contribution in [2.24, 2.45) is 0 Å². The van der Waals surface area contributed by atoms with E-state index in [-0.39, 0.29) is 31.0 Å². The van der Waals surface area contributed by atoms with Crippen molar-refractivity contribution in [2.75, 3.05) is 20.3 Å². The fourth-order valence-corrected chi connectivity index (χ4v) is 2.21. The van der Waals surface area contributed by atoms with Gasteiger partial charge in [0.05, 0.1) is 18.7 Å². The third-order valence-corrected chi connectivity index (χ3v) is 3.99. The number of aliphatic hydroxyl groups excluding tert-OH is 1. The van der Waals surface area contributed by atoms with Crippen LogP contribution in [0.4, 0.5) is 9.18 Å². The number of carbonyl (C=O) groups excluding carboxylic acids is 1. The summed E-state index contributed by atoms with van der Waals surface area (Å²) in [4.78, 5) is 13.8. The van der Waals surface area contributed by atoms with E-state index in [1.807, 2.05) is 30.3 Å². The highest BCUT2D eigenvalue weighted by atomic mass is 19.1. The Hall–Kier alpha value is -2.60. The van der Waals surface area contributed by atoms with Gasteiger partial charge in [0, 0.05) is 7.05 Å². The van der Waals surface area contributed by atoms with Gasteiger partial charge in [-0.25, -0.2) is 9.18 Å². The minimum absolute atomic E-state index is 0.0814. The summed E-state index contributed by atoms with van der Waals surface area (Å²) in [5.74, 6) is -0.318. The number of aliphatic hydroxyl groups is 1. The molecule has 2 aromatic rings. The number of benzene rings is 2. The summed E-state index contributed by atoms with van der Waals surface area (Å²) in [5, 5.41) is 12.1. The van der Waals surface area contributed by atoms with Crippen molar-refractivity contribution in [2.45, 2.75) is 19.0 Å². The van der Waals surface area contributed by atoms with Gasteiger partial charge in [0.25, 0.3) is 0 Å². The maximum Gasteiger partial charge on any atom is 0.318 e. The average Bonchev–Trinajstić information content (AvgIpc) is 2.65. The number of likely N-dealkylation sites (N-methyl/N-ethyl adjacent to an activating group) is 1. The summed E-state index contributed by atoms with van der Waals surface area (Å²) < 4.78 is 19.3. The molecule has 0 radical (unpaired) electrons. The van der Waals surface area contributed by atoms with Crippen LogP contribution in [0.25, 0.3) is 0 Å². The van der Waals surface area contributed by atoms with Gasteiger partial charge in [-0.05, 0) is 24.6 Å². The van der Waals surface area contributed by atoms with Crippen LogP contribution in [0.2, 0.25) is 0 Å². The summed E-state index contributed by atoms with van der Waals surface area (Å²) in [5.41, 5.74) is 0.845. The number of para-hydroxylation sites is 1. The van der Waals surface area contributed by atoms with E-state index in [1.165, 1.54) is 11.0 Å². The number of rotatable bonds is 7. The molecule has 0 aliphatic heterocycles. The van der Waals surface area contributed by atoms with E-state index >= 15 is 0 Å². The minimum Gasteiger partial charge on any atom is -0.488 e. The SMILES string of the molecule is CC(CO)N(C)C(=O)NC(COc1ccccc1F)c1ccccc1. The van der Waals surface area contributed by atoms with Gasteiger partial charge in [-0.15, -0.1) is 0 Å². The Balaban J connectivity index is 2.11. The Morgan fingerprint density at radius 2 is 1.84 bits per heavy atom. The van der Waals surface area contributed by atoms with Crippen LogP contribution in [-0.2, 0) is 0 Å². The molecule has 2 N–H and O–H groups in total. The normalized spacial score (nSPS) is 13.0. The van der Waals surface area contributed by atoms with E-state index in [0.717, 1.165) is 5.56 Å². The lowest BCUT2D eigenvalue weighted by atomic mass is 10.1. The molecule has 2 unspecified atom stereocenters. The molecule has 2 aromatic carbocycles. The Bertz CT molecular complexity index is 681. The number of amides is 2. The Morgan fingerprint density at radius 3 is 2.48 bits per heavy atom. The minimum atomic E-state index is -0.457. The van der Waals surface area contributed by atoms with Gasteiger partial charge < -0.3 is 20.1 Å². The molecule has 0 bridgehead atoms. The number of ether oxygens (including phenoxy) is 1. The van der Waals surface area contributed by atoms with Gasteiger partial charge in [-0.2, -0.15) is 0 Å².